The van der Waals surface area contributed by atoms with E-state index in [9.17, 15) is 0 Å². The lowest BCUT2D eigenvalue weighted by atomic mass is 9.96. The third kappa shape index (κ3) is 2.22. The number of nitrogens with zero attached hydrogens (tertiary/aromatic N) is 2. The highest BCUT2D eigenvalue weighted by atomic mass is 35.5. The molecule has 0 saturated carbocycles. The Labute approximate surface area is 146 Å². The molecule has 0 amide bonds. The molecule has 0 N–H and O–H groups in total. The second kappa shape index (κ2) is 5.64. The van der Waals surface area contributed by atoms with Crippen molar-refractivity contribution < 1.29 is 0 Å². The highest BCUT2D eigenvalue weighted by Gasteiger charge is 2.21. The summed E-state index contributed by atoms with van der Waals surface area (Å²) >= 11 is 6.08. The number of halogens is 1. The molecule has 0 aliphatic carbocycles. The zero-order valence-corrected chi connectivity index (χ0v) is 14.8. The van der Waals surface area contributed by atoms with E-state index in [1.165, 1.54) is 38.7 Å². The SMILES string of the molecule is Cc1c(-c2ccc(Cl)cc2)c(C(C)C)n2ncc3ccccc3c12. The number of benzene rings is 2. The molecule has 0 spiro atoms. The van der Waals surface area contributed by atoms with E-state index < -0.39 is 0 Å². The molecule has 4 rings (SSSR count). The van der Waals surface area contributed by atoms with Crippen molar-refractivity contribution in [1.29, 1.82) is 0 Å². The van der Waals surface area contributed by atoms with Crippen LogP contribution in [0.25, 0.3) is 27.4 Å². The van der Waals surface area contributed by atoms with Gasteiger partial charge in [-0.2, -0.15) is 5.10 Å². The maximum atomic E-state index is 6.08. The Bertz CT molecular complexity index is 1040. The van der Waals surface area contributed by atoms with E-state index >= 15 is 0 Å². The minimum atomic E-state index is 0.366. The number of aryl methyl sites for hydroxylation is 1. The standard InChI is InChI=1S/C21H19ClN2/c1-13(2)20-19(15-8-10-17(22)11-9-15)14(3)21-18-7-5-4-6-16(18)12-23-24(20)21/h4-13H,1-3H3. The molecular formula is C21H19ClN2. The fourth-order valence-corrected chi connectivity index (χ4v) is 3.72. The van der Waals surface area contributed by atoms with Gasteiger partial charge in [0.1, 0.15) is 0 Å². The van der Waals surface area contributed by atoms with Gasteiger partial charge in [0, 0.05) is 21.4 Å². The summed E-state index contributed by atoms with van der Waals surface area (Å²) in [6.07, 6.45) is 1.96. The molecule has 4 aromatic rings. The molecule has 3 heteroatoms. The van der Waals surface area contributed by atoms with Gasteiger partial charge in [0.25, 0.3) is 0 Å². The van der Waals surface area contributed by atoms with Crippen LogP contribution in [0.15, 0.2) is 54.7 Å². The topological polar surface area (TPSA) is 17.3 Å². The smallest absolute Gasteiger partial charge is 0.0764 e. The second-order valence-electron chi connectivity index (χ2n) is 6.54. The van der Waals surface area contributed by atoms with Gasteiger partial charge < -0.3 is 0 Å². The predicted octanol–water partition coefficient (Wildman–Crippen LogP) is 6.24. The molecule has 0 unspecified atom stereocenters. The quantitative estimate of drug-likeness (QED) is 0.424. The van der Waals surface area contributed by atoms with Crippen LogP contribution >= 0.6 is 11.6 Å². The molecule has 2 nitrogen and oxygen atoms in total. The Hall–Kier alpha value is -2.32. The summed E-state index contributed by atoms with van der Waals surface area (Å²) in [5.41, 5.74) is 6.17. The van der Waals surface area contributed by atoms with E-state index in [2.05, 4.69) is 61.7 Å². The van der Waals surface area contributed by atoms with Crippen molar-refractivity contribution in [3.63, 3.8) is 0 Å². The number of fused-ring (bicyclic) bond motifs is 3. The normalized spacial score (nSPS) is 11.7. The maximum absolute atomic E-state index is 6.08. The lowest BCUT2D eigenvalue weighted by Crippen LogP contribution is -2.00. The van der Waals surface area contributed by atoms with E-state index in [4.69, 9.17) is 16.7 Å². The lowest BCUT2D eigenvalue weighted by Gasteiger charge is -2.10. The van der Waals surface area contributed by atoms with Gasteiger partial charge >= 0.3 is 0 Å². The van der Waals surface area contributed by atoms with E-state index in [1.54, 1.807) is 0 Å². The van der Waals surface area contributed by atoms with Crippen LogP contribution in [0.3, 0.4) is 0 Å². The van der Waals surface area contributed by atoms with E-state index in [1.807, 2.05) is 18.3 Å². The minimum absolute atomic E-state index is 0.366. The van der Waals surface area contributed by atoms with Crippen LogP contribution in [-0.2, 0) is 0 Å². The molecule has 0 fully saturated rings. The molecule has 0 bridgehead atoms. The minimum Gasteiger partial charge on any atom is -0.236 e. The summed E-state index contributed by atoms with van der Waals surface area (Å²) in [4.78, 5) is 0. The molecule has 120 valence electrons. The van der Waals surface area contributed by atoms with Crippen molar-refractivity contribution in [1.82, 2.24) is 9.61 Å². The fourth-order valence-electron chi connectivity index (χ4n) is 3.59. The molecule has 0 aliphatic rings. The zero-order valence-electron chi connectivity index (χ0n) is 14.0. The van der Waals surface area contributed by atoms with Crippen LogP contribution in [0.2, 0.25) is 5.02 Å². The van der Waals surface area contributed by atoms with E-state index in [-0.39, 0.29) is 0 Å². The van der Waals surface area contributed by atoms with Gasteiger partial charge in [-0.05, 0) is 36.1 Å². The Kier molecular flexibility index (Phi) is 3.58. The van der Waals surface area contributed by atoms with Gasteiger partial charge in [-0.3, -0.25) is 0 Å². The van der Waals surface area contributed by atoms with Crippen molar-refractivity contribution in [2.75, 3.05) is 0 Å². The Morgan fingerprint density at radius 2 is 1.71 bits per heavy atom. The Morgan fingerprint density at radius 3 is 2.42 bits per heavy atom. The summed E-state index contributed by atoms with van der Waals surface area (Å²) in [7, 11) is 0. The molecular weight excluding hydrogens is 316 g/mol. The molecule has 0 radical (unpaired) electrons. The van der Waals surface area contributed by atoms with Crippen molar-refractivity contribution in [2.24, 2.45) is 0 Å². The van der Waals surface area contributed by atoms with Crippen LogP contribution in [-0.4, -0.2) is 9.61 Å². The van der Waals surface area contributed by atoms with Gasteiger partial charge in [-0.15, -0.1) is 0 Å². The fraction of sp³-hybridized carbons (Fsp3) is 0.190. The van der Waals surface area contributed by atoms with Crippen LogP contribution in [0.4, 0.5) is 0 Å². The third-order valence-electron chi connectivity index (χ3n) is 4.63. The van der Waals surface area contributed by atoms with Crippen molar-refractivity contribution in [3.8, 4) is 11.1 Å². The lowest BCUT2D eigenvalue weighted by molar-refractivity contribution is 0.764. The average molecular weight is 335 g/mol. The number of aromatic nitrogens is 2. The van der Waals surface area contributed by atoms with Gasteiger partial charge in [0.15, 0.2) is 0 Å². The molecule has 0 saturated heterocycles. The van der Waals surface area contributed by atoms with Crippen LogP contribution < -0.4 is 0 Å². The molecule has 24 heavy (non-hydrogen) atoms. The largest absolute Gasteiger partial charge is 0.236 e. The van der Waals surface area contributed by atoms with Crippen LogP contribution in [0, 0.1) is 6.92 Å². The highest BCUT2D eigenvalue weighted by Crippen LogP contribution is 2.38. The van der Waals surface area contributed by atoms with Crippen molar-refractivity contribution in [2.45, 2.75) is 26.7 Å². The van der Waals surface area contributed by atoms with Crippen molar-refractivity contribution in [3.05, 3.63) is 71.0 Å². The highest BCUT2D eigenvalue weighted by molar-refractivity contribution is 6.30. The van der Waals surface area contributed by atoms with Gasteiger partial charge in [0.05, 0.1) is 17.4 Å². The Balaban J connectivity index is 2.16. The second-order valence-corrected chi connectivity index (χ2v) is 6.98. The summed E-state index contributed by atoms with van der Waals surface area (Å²) in [6, 6.07) is 16.5. The first-order chi connectivity index (χ1) is 11.6. The average Bonchev–Trinajstić information content (AvgIpc) is 2.89. The molecule has 0 aliphatic heterocycles. The first-order valence-corrected chi connectivity index (χ1v) is 8.60. The first-order valence-electron chi connectivity index (χ1n) is 8.23. The Morgan fingerprint density at radius 1 is 1.00 bits per heavy atom. The molecule has 0 atom stereocenters. The molecule has 2 aromatic heterocycles. The number of hydrogen-bond acceptors (Lipinski definition) is 1. The third-order valence-corrected chi connectivity index (χ3v) is 4.89. The van der Waals surface area contributed by atoms with Gasteiger partial charge in [-0.1, -0.05) is 61.8 Å². The molecule has 2 aromatic carbocycles. The van der Waals surface area contributed by atoms with Gasteiger partial charge in [-0.25, -0.2) is 4.52 Å². The predicted molar refractivity (Wildman–Crippen MR) is 102 cm³/mol. The van der Waals surface area contributed by atoms with Crippen LogP contribution in [0.5, 0.6) is 0 Å². The summed E-state index contributed by atoms with van der Waals surface area (Å²) in [6.45, 7) is 6.63. The molecule has 2 heterocycles. The van der Waals surface area contributed by atoms with Crippen molar-refractivity contribution >= 4 is 27.9 Å². The first kappa shape index (κ1) is 15.2. The number of rotatable bonds is 2. The maximum Gasteiger partial charge on any atom is 0.0764 e. The van der Waals surface area contributed by atoms with E-state index in [0.29, 0.717) is 5.92 Å². The number of hydrogen-bond donors (Lipinski definition) is 0. The van der Waals surface area contributed by atoms with Crippen LogP contribution in [0.1, 0.15) is 31.0 Å². The van der Waals surface area contributed by atoms with Gasteiger partial charge in [0.2, 0.25) is 0 Å². The summed E-state index contributed by atoms with van der Waals surface area (Å²) < 4.78 is 2.12. The monoisotopic (exact) mass is 334 g/mol. The van der Waals surface area contributed by atoms with E-state index in [0.717, 1.165) is 5.02 Å². The zero-order chi connectivity index (χ0) is 16.8. The summed E-state index contributed by atoms with van der Waals surface area (Å²) in [5.74, 6) is 0.366. The summed E-state index contributed by atoms with van der Waals surface area (Å²) in [5, 5.41) is 7.92.